The van der Waals surface area contributed by atoms with E-state index in [4.69, 9.17) is 30.0 Å². The molecule has 0 saturated carbocycles. The molecule has 0 spiro atoms. The van der Waals surface area contributed by atoms with E-state index in [1.165, 1.54) is 0 Å². The van der Waals surface area contributed by atoms with Gasteiger partial charge < -0.3 is 28.8 Å². The average Bonchev–Trinajstić information content (AvgIpc) is 3.65. The number of hydrogen-bond donors (Lipinski definition) is 2. The predicted octanol–water partition coefficient (Wildman–Crippen LogP) is 6.78. The van der Waals surface area contributed by atoms with Gasteiger partial charge in [-0.25, -0.2) is 4.79 Å². The Morgan fingerprint density at radius 3 is 2.55 bits per heavy atom. The molecule has 1 fully saturated rings. The van der Waals surface area contributed by atoms with Crippen molar-refractivity contribution in [3.8, 4) is 34.0 Å². The second kappa shape index (κ2) is 9.25. The highest BCUT2D eigenvalue weighted by Crippen LogP contribution is 2.37. The molecule has 0 bridgehead atoms. The van der Waals surface area contributed by atoms with Gasteiger partial charge in [-0.1, -0.05) is 22.8 Å². The molecule has 4 heterocycles. The number of rotatable bonds is 5. The van der Waals surface area contributed by atoms with Crippen molar-refractivity contribution in [1.29, 1.82) is 0 Å². The van der Waals surface area contributed by atoms with Gasteiger partial charge in [-0.3, -0.25) is 0 Å². The highest BCUT2D eigenvalue weighted by atomic mass is 35.5. The molecule has 2 aromatic carbocycles. The molecule has 3 aromatic heterocycles. The van der Waals surface area contributed by atoms with E-state index >= 15 is 0 Å². The Labute approximate surface area is 225 Å². The lowest BCUT2D eigenvalue weighted by Gasteiger charge is -2.41. The molecule has 1 amide bonds. The number of hydrogen-bond acceptors (Lipinski definition) is 8. The van der Waals surface area contributed by atoms with Crippen LogP contribution in [0.15, 0.2) is 68.2 Å². The zero-order valence-electron chi connectivity index (χ0n) is 20.4. The van der Waals surface area contributed by atoms with Crippen molar-refractivity contribution in [3.05, 3.63) is 70.1 Å². The van der Waals surface area contributed by atoms with E-state index < -0.39 is 17.4 Å². The smallest absolute Gasteiger partial charge is 0.405 e. The third kappa shape index (κ3) is 4.56. The summed E-state index contributed by atoms with van der Waals surface area (Å²) in [7, 11) is 0. The molecule has 9 nitrogen and oxygen atoms in total. The van der Waals surface area contributed by atoms with Crippen LogP contribution in [0.5, 0.6) is 0 Å². The summed E-state index contributed by atoms with van der Waals surface area (Å²) in [6.45, 7) is 3.66. The molecule has 2 N–H and O–H groups in total. The number of fused-ring (bicyclic) bond motifs is 1. The van der Waals surface area contributed by atoms with E-state index in [9.17, 15) is 9.90 Å². The molecule has 1 aliphatic heterocycles. The van der Waals surface area contributed by atoms with Crippen LogP contribution in [0.4, 0.5) is 4.79 Å². The number of carboxylic acid groups (broad SMARTS) is 1. The maximum absolute atomic E-state index is 11.6. The minimum atomic E-state index is -1.21. The maximum atomic E-state index is 11.6. The molecule has 1 saturated heterocycles. The van der Waals surface area contributed by atoms with E-state index in [2.05, 4.69) is 15.5 Å². The van der Waals surface area contributed by atoms with Crippen LogP contribution in [0, 0.1) is 0 Å². The molecular formula is C27H22ClN3O6S. The highest BCUT2D eigenvalue weighted by molar-refractivity contribution is 7.08. The van der Waals surface area contributed by atoms with Crippen LogP contribution in [0.3, 0.4) is 0 Å². The summed E-state index contributed by atoms with van der Waals surface area (Å²) in [4.78, 5) is 16.1. The second-order valence-electron chi connectivity index (χ2n) is 9.48. The number of nitrogens with one attached hydrogen (secondary N) is 1. The second-order valence-corrected chi connectivity index (χ2v) is 10.7. The van der Waals surface area contributed by atoms with E-state index in [0.29, 0.717) is 39.2 Å². The van der Waals surface area contributed by atoms with Crippen molar-refractivity contribution in [2.45, 2.75) is 25.2 Å². The lowest BCUT2D eigenvalue weighted by molar-refractivity contribution is -0.274. The monoisotopic (exact) mass is 551 g/mol. The van der Waals surface area contributed by atoms with Crippen molar-refractivity contribution in [2.75, 3.05) is 13.2 Å². The van der Waals surface area contributed by atoms with Crippen molar-refractivity contribution in [1.82, 2.24) is 15.5 Å². The van der Waals surface area contributed by atoms with Gasteiger partial charge in [0, 0.05) is 27.1 Å². The van der Waals surface area contributed by atoms with Gasteiger partial charge >= 0.3 is 6.09 Å². The lowest BCUT2D eigenvalue weighted by atomic mass is 9.96. The molecule has 11 heteroatoms. The number of benzene rings is 2. The number of thiophene rings is 1. The van der Waals surface area contributed by atoms with Crippen molar-refractivity contribution in [3.63, 3.8) is 0 Å². The van der Waals surface area contributed by atoms with Gasteiger partial charge in [0.05, 0.1) is 13.2 Å². The predicted molar refractivity (Wildman–Crippen MR) is 142 cm³/mol. The normalized spacial score (nSPS) is 16.5. The Morgan fingerprint density at radius 1 is 1.05 bits per heavy atom. The van der Waals surface area contributed by atoms with Crippen LogP contribution in [0.1, 0.15) is 19.6 Å². The summed E-state index contributed by atoms with van der Waals surface area (Å²) >= 11 is 8.14. The Hall–Kier alpha value is -3.70. The molecule has 6 rings (SSSR count). The molecule has 194 valence electrons. The third-order valence-corrected chi connectivity index (χ3v) is 7.39. The first-order chi connectivity index (χ1) is 18.2. The van der Waals surface area contributed by atoms with Crippen LogP contribution in [-0.4, -0.2) is 40.3 Å². The quantitative estimate of drug-likeness (QED) is 0.245. The van der Waals surface area contributed by atoms with Crippen LogP contribution in [-0.2, 0) is 15.0 Å². The molecule has 1 aliphatic rings. The number of amides is 1. The first kappa shape index (κ1) is 24.6. The van der Waals surface area contributed by atoms with Gasteiger partial charge in [0.15, 0.2) is 5.79 Å². The molecule has 0 atom stereocenters. The maximum Gasteiger partial charge on any atom is 0.405 e. The number of halogens is 1. The van der Waals surface area contributed by atoms with E-state index in [1.807, 2.05) is 47.2 Å². The van der Waals surface area contributed by atoms with E-state index in [0.717, 1.165) is 16.5 Å². The molecular weight excluding hydrogens is 530 g/mol. The molecule has 5 aromatic rings. The fraction of sp³-hybridized carbons (Fsp3) is 0.222. The van der Waals surface area contributed by atoms with Gasteiger partial charge in [0.25, 0.3) is 5.89 Å². The van der Waals surface area contributed by atoms with Crippen LogP contribution >= 0.6 is 22.9 Å². The summed E-state index contributed by atoms with van der Waals surface area (Å²) in [5, 5.41) is 21.5. The number of carbonyl (C=O) groups is 1. The van der Waals surface area contributed by atoms with Crippen LogP contribution < -0.4 is 5.32 Å². The zero-order chi connectivity index (χ0) is 26.5. The fourth-order valence-corrected chi connectivity index (χ4v) is 5.28. The molecule has 0 radical (unpaired) electrons. The Kier molecular flexibility index (Phi) is 5.99. The lowest BCUT2D eigenvalue weighted by Crippen LogP contribution is -2.58. The largest absolute Gasteiger partial charge is 0.465 e. The fourth-order valence-electron chi connectivity index (χ4n) is 4.33. The summed E-state index contributed by atoms with van der Waals surface area (Å²) < 4.78 is 23.1. The average molecular weight is 552 g/mol. The standard InChI is InChI=1S/C27H22ClN3O6S/c1-26(2)34-13-27(14-35-26,30-25(32)33)22-11-18-9-15(4-6-21(18)36-22)23-29-24(37-31-23)16-3-5-19(20(28)10-16)17-7-8-38-12-17/h3-12,30H,13-14H2,1-2H3,(H,32,33). The highest BCUT2D eigenvalue weighted by Gasteiger charge is 2.45. The van der Waals surface area contributed by atoms with E-state index in [-0.39, 0.29) is 13.2 Å². The van der Waals surface area contributed by atoms with Crippen molar-refractivity contribution >= 4 is 40.0 Å². The molecule has 38 heavy (non-hydrogen) atoms. The van der Waals surface area contributed by atoms with Crippen LogP contribution in [0.2, 0.25) is 5.02 Å². The van der Waals surface area contributed by atoms with Gasteiger partial charge in [-0.15, -0.1) is 0 Å². The van der Waals surface area contributed by atoms with Crippen molar-refractivity contribution < 1.29 is 28.3 Å². The Morgan fingerprint density at radius 2 is 1.84 bits per heavy atom. The number of nitrogens with zero attached hydrogens (tertiary/aromatic N) is 2. The number of aromatic nitrogens is 2. The Bertz CT molecular complexity index is 1630. The third-order valence-electron chi connectivity index (χ3n) is 6.40. The first-order valence-electron chi connectivity index (χ1n) is 11.7. The minimum Gasteiger partial charge on any atom is -0.465 e. The zero-order valence-corrected chi connectivity index (χ0v) is 21.9. The SMILES string of the molecule is CC1(C)OCC(NC(=O)O)(c2cc3cc(-c4noc(-c5ccc(-c6ccsc6)c(Cl)c5)n4)ccc3o2)CO1. The van der Waals surface area contributed by atoms with Crippen LogP contribution in [0.25, 0.3) is 44.9 Å². The number of ether oxygens (including phenoxy) is 2. The van der Waals surface area contributed by atoms with E-state index in [1.54, 1.807) is 37.3 Å². The summed E-state index contributed by atoms with van der Waals surface area (Å²) in [5.74, 6) is 0.299. The van der Waals surface area contributed by atoms with Gasteiger partial charge in [-0.05, 0) is 72.6 Å². The van der Waals surface area contributed by atoms with Gasteiger partial charge in [0.1, 0.15) is 16.9 Å². The summed E-state index contributed by atoms with van der Waals surface area (Å²) in [6, 6.07) is 14.9. The molecule has 0 aliphatic carbocycles. The van der Waals surface area contributed by atoms with Crippen molar-refractivity contribution in [2.24, 2.45) is 0 Å². The van der Waals surface area contributed by atoms with Gasteiger partial charge in [-0.2, -0.15) is 16.3 Å². The molecule has 0 unspecified atom stereocenters. The summed E-state index contributed by atoms with van der Waals surface area (Å²) in [6.07, 6.45) is -1.21. The Balaban J connectivity index is 1.29. The first-order valence-corrected chi connectivity index (χ1v) is 13.0. The topological polar surface area (TPSA) is 120 Å². The summed E-state index contributed by atoms with van der Waals surface area (Å²) in [5.41, 5.74) is 2.79. The number of furan rings is 1. The van der Waals surface area contributed by atoms with Gasteiger partial charge in [0.2, 0.25) is 5.82 Å². The minimum absolute atomic E-state index is 0.0565.